The summed E-state index contributed by atoms with van der Waals surface area (Å²) in [6.07, 6.45) is -2.37. The number of halogens is 2. The van der Waals surface area contributed by atoms with E-state index >= 15 is 0 Å². The fourth-order valence-electron chi connectivity index (χ4n) is 7.31. The Morgan fingerprint density at radius 1 is 1.07 bits per heavy atom. The van der Waals surface area contributed by atoms with E-state index in [1.54, 1.807) is 13.1 Å². The summed E-state index contributed by atoms with van der Waals surface area (Å²) in [7, 11) is -1.54. The minimum absolute atomic E-state index is 0.0295. The topological polar surface area (TPSA) is 229 Å². The maximum absolute atomic E-state index is 14.3. The monoisotopic (exact) mass is 773 g/mol. The Morgan fingerprint density at radius 2 is 1.85 bits per heavy atom. The predicted molar refractivity (Wildman–Crippen MR) is 189 cm³/mol. The summed E-state index contributed by atoms with van der Waals surface area (Å²) in [5.74, 6) is -2.31. The van der Waals surface area contributed by atoms with Gasteiger partial charge in [-0.3, -0.25) is 24.0 Å². The Hall–Kier alpha value is -4.74. The van der Waals surface area contributed by atoms with Crippen LogP contribution in [0.5, 0.6) is 5.75 Å². The molecule has 4 heterocycles. The lowest BCUT2D eigenvalue weighted by molar-refractivity contribution is -0.189. The molecule has 5 amide bonds. The van der Waals surface area contributed by atoms with Crippen molar-refractivity contribution in [3.63, 3.8) is 0 Å². The van der Waals surface area contributed by atoms with Gasteiger partial charge in [-0.15, -0.1) is 0 Å². The number of rotatable bonds is 12. The zero-order valence-corrected chi connectivity index (χ0v) is 30.2. The lowest BCUT2D eigenvalue weighted by Gasteiger charge is -2.38. The van der Waals surface area contributed by atoms with Crippen LogP contribution >= 0.6 is 8.60 Å². The maximum Gasteiger partial charge on any atom is 0.389 e. The van der Waals surface area contributed by atoms with Gasteiger partial charge in [-0.1, -0.05) is 18.2 Å². The summed E-state index contributed by atoms with van der Waals surface area (Å²) >= 11 is 0. The Kier molecular flexibility index (Phi) is 11.8. The van der Waals surface area contributed by atoms with Crippen LogP contribution in [0.2, 0.25) is 0 Å². The van der Waals surface area contributed by atoms with Gasteiger partial charge in [0.1, 0.15) is 29.6 Å². The van der Waals surface area contributed by atoms with Gasteiger partial charge in [-0.05, 0) is 69.6 Å². The smallest absolute Gasteiger partial charge is 0.389 e. The number of primary amides is 1. The number of H-pyrrole nitrogens is 1. The Labute approximate surface area is 309 Å². The molecule has 290 valence electrons. The molecule has 3 aromatic rings. The molecule has 2 fully saturated rings. The van der Waals surface area contributed by atoms with E-state index < -0.39 is 67.9 Å². The zero-order chi connectivity index (χ0) is 38.7. The molecule has 8 N–H and O–H groups in total. The molecule has 0 saturated carbocycles. The maximum atomic E-state index is 14.3. The quantitative estimate of drug-likeness (QED) is 0.132. The molecule has 19 heteroatoms. The first kappa shape index (κ1) is 39.0. The van der Waals surface area contributed by atoms with E-state index in [-0.39, 0.29) is 42.6 Å². The van der Waals surface area contributed by atoms with Gasteiger partial charge in [0.15, 0.2) is 0 Å². The number of benzene rings is 2. The second-order valence-electron chi connectivity index (χ2n) is 13.7. The molecule has 1 aromatic heterocycles. The number of para-hydroxylation sites is 1. The number of amides is 5. The van der Waals surface area contributed by atoms with E-state index in [1.807, 2.05) is 23.1 Å². The van der Waals surface area contributed by atoms with Crippen LogP contribution in [0.4, 0.5) is 8.78 Å². The molecule has 0 aliphatic carbocycles. The van der Waals surface area contributed by atoms with E-state index in [2.05, 4.69) is 25.5 Å². The van der Waals surface area contributed by atoms with Crippen LogP contribution in [-0.2, 0) is 29.8 Å². The van der Waals surface area contributed by atoms with E-state index in [0.29, 0.717) is 50.1 Å². The third kappa shape index (κ3) is 8.79. The molecule has 2 saturated heterocycles. The summed E-state index contributed by atoms with van der Waals surface area (Å²) < 4.78 is 38.4. The zero-order valence-electron chi connectivity index (χ0n) is 29.3. The van der Waals surface area contributed by atoms with Gasteiger partial charge >= 0.3 is 14.7 Å². The minimum atomic E-state index is -4.00. The second-order valence-corrected chi connectivity index (χ2v) is 14.4. The largest absolute Gasteiger partial charge is 0.493 e. The summed E-state index contributed by atoms with van der Waals surface area (Å²) in [6, 6.07) is 8.01. The third-order valence-electron chi connectivity index (χ3n) is 9.99. The lowest BCUT2D eigenvalue weighted by atomic mass is 9.99. The number of fused-ring (bicyclic) bond motifs is 3. The first-order valence-electron chi connectivity index (χ1n) is 17.5. The average Bonchev–Trinajstić information content (AvgIpc) is 3.75. The van der Waals surface area contributed by atoms with Crippen LogP contribution in [0.25, 0.3) is 10.9 Å². The SMILES string of the molecule is CN1CC[C@H]2CC[C@@H](C(=O)N[C@@H](CCC(N)=O)C(=O)N[C@@H]3CCOc4ccccc43)N2C(=O)[C@@H](NC(=O)c2cc3cc(C(F)(F)OP(O)O)ccc3[nH]2)C1. The first-order chi connectivity index (χ1) is 25.7. The van der Waals surface area contributed by atoms with E-state index in [4.69, 9.17) is 20.3 Å². The summed E-state index contributed by atoms with van der Waals surface area (Å²) in [4.78, 5) is 91.1. The number of nitrogens with zero attached hydrogens (tertiary/aromatic N) is 2. The number of nitrogens with two attached hydrogens (primary N) is 1. The van der Waals surface area contributed by atoms with Crippen molar-refractivity contribution in [3.8, 4) is 5.75 Å². The van der Waals surface area contributed by atoms with Crippen molar-refractivity contribution >= 4 is 49.0 Å². The molecule has 54 heavy (non-hydrogen) atoms. The molecule has 5 atom stereocenters. The number of carbonyl (C=O) groups is 5. The molecule has 2 aromatic carbocycles. The predicted octanol–water partition coefficient (Wildman–Crippen LogP) is 1.63. The number of hydrogen-bond acceptors (Lipinski definition) is 10. The van der Waals surface area contributed by atoms with Crippen LogP contribution < -0.4 is 26.4 Å². The number of alkyl halides is 2. The van der Waals surface area contributed by atoms with Gasteiger partial charge in [0.2, 0.25) is 23.6 Å². The van der Waals surface area contributed by atoms with Crippen molar-refractivity contribution in [2.75, 3.05) is 26.7 Å². The molecular weight excluding hydrogens is 731 g/mol. The number of nitrogens with one attached hydrogen (secondary N) is 4. The molecule has 6 rings (SSSR count). The van der Waals surface area contributed by atoms with Crippen molar-refractivity contribution in [2.45, 2.75) is 74.8 Å². The van der Waals surface area contributed by atoms with Gasteiger partial charge in [0, 0.05) is 41.9 Å². The minimum Gasteiger partial charge on any atom is -0.493 e. The highest BCUT2D eigenvalue weighted by atomic mass is 31.2. The van der Waals surface area contributed by atoms with E-state index in [1.165, 1.54) is 17.0 Å². The highest BCUT2D eigenvalue weighted by Gasteiger charge is 2.45. The third-order valence-corrected chi connectivity index (χ3v) is 10.4. The van der Waals surface area contributed by atoms with Gasteiger partial charge in [0.05, 0.1) is 18.2 Å². The van der Waals surface area contributed by atoms with E-state index in [0.717, 1.165) is 17.7 Å². The van der Waals surface area contributed by atoms with Crippen LogP contribution in [-0.4, -0.2) is 105 Å². The van der Waals surface area contributed by atoms with Crippen LogP contribution in [0.3, 0.4) is 0 Å². The van der Waals surface area contributed by atoms with Gasteiger partial charge in [0.25, 0.3) is 5.91 Å². The Morgan fingerprint density at radius 3 is 2.61 bits per heavy atom. The number of aromatic amines is 1. The van der Waals surface area contributed by atoms with Gasteiger partial charge < -0.3 is 51.0 Å². The summed E-state index contributed by atoms with van der Waals surface area (Å²) in [6.45, 7) is 1.04. The summed E-state index contributed by atoms with van der Waals surface area (Å²) in [5.41, 5.74) is 5.82. The van der Waals surface area contributed by atoms with Crippen LogP contribution in [0.1, 0.15) is 66.2 Å². The number of hydrogen-bond donors (Lipinski definition) is 7. The first-order valence-corrected chi connectivity index (χ1v) is 18.7. The highest BCUT2D eigenvalue weighted by Crippen LogP contribution is 2.42. The fourth-order valence-corrected chi connectivity index (χ4v) is 7.62. The number of ether oxygens (including phenoxy) is 1. The highest BCUT2D eigenvalue weighted by molar-refractivity contribution is 7.39. The second kappa shape index (κ2) is 16.3. The molecule has 3 aliphatic rings. The molecule has 0 unspecified atom stereocenters. The van der Waals surface area contributed by atoms with Crippen molar-refractivity contribution in [1.29, 1.82) is 0 Å². The van der Waals surface area contributed by atoms with Crippen LogP contribution in [0.15, 0.2) is 48.5 Å². The standard InChI is InChI=1S/C35H42F2N7O9P/c1-43-14-12-21-7-10-28(33(48)41-25(9-11-30(38)45)31(46)40-24-13-15-52-29-5-3-2-4-22(24)29)44(21)34(49)27(18-43)42-32(47)26-17-19-16-20(6-8-23(19)39-26)35(36,37)53-54(50)51/h2-6,8,16-17,21,24-25,27-28,39,50-51H,7,9-15,18H2,1H3,(H2,38,45)(H,40,46)(H,41,48)(H,42,47)/t21-,24-,25+,27+,28+/m1/s1. The van der Waals surface area contributed by atoms with Gasteiger partial charge in [-0.2, -0.15) is 8.78 Å². The Balaban J connectivity index is 1.17. The molecule has 0 bridgehead atoms. The molecule has 0 radical (unpaired) electrons. The molecular formula is C35H42F2N7O9P. The van der Waals surface area contributed by atoms with Crippen molar-refractivity contribution in [3.05, 3.63) is 65.4 Å². The lowest BCUT2D eigenvalue weighted by Crippen LogP contribution is -2.61. The van der Waals surface area contributed by atoms with Crippen LogP contribution in [0, 0.1) is 0 Å². The van der Waals surface area contributed by atoms with Crippen molar-refractivity contribution in [1.82, 2.24) is 30.7 Å². The van der Waals surface area contributed by atoms with E-state index in [9.17, 15) is 32.8 Å². The average molecular weight is 774 g/mol. The van der Waals surface area contributed by atoms with Crippen molar-refractivity contribution < 1.29 is 51.8 Å². The number of carbonyl (C=O) groups excluding carboxylic acids is 5. The normalized spacial score (nSPS) is 22.4. The Bertz CT molecular complexity index is 1910. The molecule has 0 spiro atoms. The van der Waals surface area contributed by atoms with Crippen molar-refractivity contribution in [2.24, 2.45) is 5.73 Å². The fraction of sp³-hybridized carbons (Fsp3) is 0.457. The molecule has 16 nitrogen and oxygen atoms in total. The number of aromatic nitrogens is 1. The number of likely N-dealkylation sites (N-methyl/N-ethyl adjacent to an activating group) is 1. The van der Waals surface area contributed by atoms with Gasteiger partial charge in [-0.25, -0.2) is 4.52 Å². The summed E-state index contributed by atoms with van der Waals surface area (Å²) in [5, 5.41) is 8.68. The molecule has 3 aliphatic heterocycles.